The van der Waals surface area contributed by atoms with Gasteiger partial charge in [0.05, 0.1) is 25.3 Å². The zero-order valence-corrected chi connectivity index (χ0v) is 20.8. The molecule has 2 saturated heterocycles. The van der Waals surface area contributed by atoms with E-state index in [1.807, 2.05) is 12.4 Å². The van der Waals surface area contributed by atoms with E-state index in [1.54, 1.807) is 22.7 Å². The Balaban J connectivity index is 0.000000286. The van der Waals surface area contributed by atoms with E-state index in [0.717, 1.165) is 58.7 Å². The van der Waals surface area contributed by atoms with Gasteiger partial charge in [0.2, 0.25) is 0 Å². The molecule has 0 bridgehead atoms. The number of alkyl halides is 6. The number of carboxylic acid groups (broad SMARTS) is 2. The van der Waals surface area contributed by atoms with Gasteiger partial charge in [0.25, 0.3) is 0 Å². The van der Waals surface area contributed by atoms with Crippen molar-refractivity contribution >= 4 is 34.6 Å². The van der Waals surface area contributed by atoms with Gasteiger partial charge in [-0.2, -0.15) is 26.3 Å². The lowest BCUT2D eigenvalue weighted by atomic mass is 9.89. The highest BCUT2D eigenvalue weighted by atomic mass is 32.1. The zero-order valence-electron chi connectivity index (χ0n) is 19.2. The fourth-order valence-electron chi connectivity index (χ4n) is 3.52. The largest absolute Gasteiger partial charge is 0.490 e. The van der Waals surface area contributed by atoms with Gasteiger partial charge in [-0.05, 0) is 12.8 Å². The molecular formula is C20H24F6N4O5S2. The Morgan fingerprint density at radius 2 is 1.30 bits per heavy atom. The van der Waals surface area contributed by atoms with E-state index in [4.69, 9.17) is 24.5 Å². The van der Waals surface area contributed by atoms with Crippen molar-refractivity contribution in [2.75, 3.05) is 32.8 Å². The second kappa shape index (κ2) is 13.5. The summed E-state index contributed by atoms with van der Waals surface area (Å²) >= 11 is 3.49. The van der Waals surface area contributed by atoms with E-state index < -0.39 is 24.3 Å². The molecule has 1 spiro atoms. The maximum atomic E-state index is 10.6. The molecule has 2 aromatic rings. The number of carboxylic acids is 2. The van der Waals surface area contributed by atoms with Crippen LogP contribution in [0.15, 0.2) is 23.2 Å². The Morgan fingerprint density at radius 3 is 1.68 bits per heavy atom. The third-order valence-corrected chi connectivity index (χ3v) is 6.79. The first-order valence-electron chi connectivity index (χ1n) is 10.7. The average molecular weight is 579 g/mol. The lowest BCUT2D eigenvalue weighted by Crippen LogP contribution is -2.56. The first-order chi connectivity index (χ1) is 17.2. The van der Waals surface area contributed by atoms with Crippen LogP contribution < -0.4 is 0 Å². The highest BCUT2D eigenvalue weighted by Gasteiger charge is 2.40. The molecule has 0 atom stereocenters. The minimum atomic E-state index is -5.08. The molecule has 0 aromatic carbocycles. The van der Waals surface area contributed by atoms with Crippen molar-refractivity contribution < 1.29 is 50.9 Å². The van der Waals surface area contributed by atoms with E-state index in [1.165, 1.54) is 10.0 Å². The molecule has 208 valence electrons. The van der Waals surface area contributed by atoms with Gasteiger partial charge in [-0.1, -0.05) is 0 Å². The minimum absolute atomic E-state index is 0.0505. The molecule has 0 saturated carbocycles. The van der Waals surface area contributed by atoms with E-state index in [2.05, 4.69) is 30.5 Å². The van der Waals surface area contributed by atoms with Crippen LogP contribution in [0.25, 0.3) is 0 Å². The van der Waals surface area contributed by atoms with Crippen molar-refractivity contribution in [1.82, 2.24) is 19.8 Å². The summed E-state index contributed by atoms with van der Waals surface area (Å²) in [4.78, 5) is 31.6. The molecular weight excluding hydrogens is 554 g/mol. The summed E-state index contributed by atoms with van der Waals surface area (Å²) in [6.07, 6.45) is -4.14. The van der Waals surface area contributed by atoms with Gasteiger partial charge < -0.3 is 14.9 Å². The van der Waals surface area contributed by atoms with Gasteiger partial charge in [-0.25, -0.2) is 19.6 Å². The minimum Gasteiger partial charge on any atom is -0.475 e. The van der Waals surface area contributed by atoms with Crippen molar-refractivity contribution in [3.05, 3.63) is 33.2 Å². The van der Waals surface area contributed by atoms with Crippen LogP contribution in [0.5, 0.6) is 0 Å². The molecule has 2 N–H and O–H groups in total. The van der Waals surface area contributed by atoms with Crippen LogP contribution in [0, 0.1) is 0 Å². The fourth-order valence-corrected chi connectivity index (χ4v) is 4.84. The lowest BCUT2D eigenvalue weighted by Gasteiger charge is -2.47. The SMILES string of the molecule is O=C(O)C(F)(F)F.O=C(O)C(F)(F)F.c1csc(CN2CCC3(CC2)CN(Cc2nccs2)CCO3)n1. The molecule has 9 nitrogen and oxygen atoms in total. The monoisotopic (exact) mass is 578 g/mol. The highest BCUT2D eigenvalue weighted by Crippen LogP contribution is 2.31. The Morgan fingerprint density at radius 1 is 0.865 bits per heavy atom. The summed E-state index contributed by atoms with van der Waals surface area (Å²) in [6.45, 7) is 7.05. The summed E-state index contributed by atoms with van der Waals surface area (Å²) in [5.41, 5.74) is 0.0505. The predicted octanol–water partition coefficient (Wildman–Crippen LogP) is 3.73. The second-order valence-electron chi connectivity index (χ2n) is 7.98. The molecule has 2 fully saturated rings. The molecule has 37 heavy (non-hydrogen) atoms. The molecule has 17 heteroatoms. The number of aromatic nitrogens is 2. The molecule has 2 aliphatic heterocycles. The Hall–Kier alpha value is -2.34. The van der Waals surface area contributed by atoms with Crippen molar-refractivity contribution in [2.24, 2.45) is 0 Å². The molecule has 4 heterocycles. The van der Waals surface area contributed by atoms with Crippen LogP contribution in [0.1, 0.15) is 22.9 Å². The summed E-state index contributed by atoms with van der Waals surface area (Å²) in [5, 5.41) is 20.8. The van der Waals surface area contributed by atoms with Crippen molar-refractivity contribution in [3.63, 3.8) is 0 Å². The van der Waals surface area contributed by atoms with Gasteiger partial charge in [-0.3, -0.25) is 9.80 Å². The van der Waals surface area contributed by atoms with Gasteiger partial charge in [0.15, 0.2) is 0 Å². The zero-order chi connectivity index (χ0) is 27.7. The standard InChI is InChI=1S/C16H22N4OS2.2C2HF3O2/c1-5-19(11-14-17-3-9-22-14)6-2-16(1)13-20(7-8-21-16)12-15-18-4-10-23-15;2*3-2(4,5)1(6)7/h3-4,9-10H,1-2,5-8,11-13H2;2*(H,6,7). The van der Waals surface area contributed by atoms with Crippen LogP contribution >= 0.6 is 22.7 Å². The van der Waals surface area contributed by atoms with Gasteiger partial charge >= 0.3 is 24.3 Å². The maximum absolute atomic E-state index is 10.6. The first kappa shape index (κ1) is 30.9. The fraction of sp³-hybridized carbons (Fsp3) is 0.600. The number of morpholine rings is 1. The van der Waals surface area contributed by atoms with Crippen molar-refractivity contribution in [2.45, 2.75) is 43.9 Å². The van der Waals surface area contributed by atoms with Crippen LogP contribution in [-0.4, -0.2) is 92.7 Å². The second-order valence-corrected chi connectivity index (χ2v) is 9.93. The summed E-state index contributed by atoms with van der Waals surface area (Å²) in [7, 11) is 0. The Labute approximate surface area is 215 Å². The quantitative estimate of drug-likeness (QED) is 0.524. The van der Waals surface area contributed by atoms with Gasteiger partial charge in [-0.15, -0.1) is 22.7 Å². The van der Waals surface area contributed by atoms with Gasteiger partial charge in [0.1, 0.15) is 10.0 Å². The summed E-state index contributed by atoms with van der Waals surface area (Å²) in [5.74, 6) is -5.51. The third kappa shape index (κ3) is 10.9. The summed E-state index contributed by atoms with van der Waals surface area (Å²) < 4.78 is 69.7. The van der Waals surface area contributed by atoms with E-state index in [0.29, 0.717) is 0 Å². The van der Waals surface area contributed by atoms with Crippen LogP contribution in [0.4, 0.5) is 26.3 Å². The van der Waals surface area contributed by atoms with Crippen LogP contribution in [0.3, 0.4) is 0 Å². The highest BCUT2D eigenvalue weighted by molar-refractivity contribution is 7.09. The molecule has 2 aromatic heterocycles. The number of hydrogen-bond acceptors (Lipinski definition) is 9. The number of thiazole rings is 2. The molecule has 2 aliphatic rings. The Kier molecular flexibility index (Phi) is 11.2. The van der Waals surface area contributed by atoms with E-state index in [-0.39, 0.29) is 5.60 Å². The molecule has 0 aliphatic carbocycles. The number of carbonyl (C=O) groups is 2. The number of hydrogen-bond donors (Lipinski definition) is 2. The first-order valence-corrected chi connectivity index (χ1v) is 12.4. The van der Waals surface area contributed by atoms with Crippen molar-refractivity contribution in [1.29, 1.82) is 0 Å². The van der Waals surface area contributed by atoms with Gasteiger partial charge in [0, 0.05) is 49.3 Å². The topological polar surface area (TPSA) is 116 Å². The number of likely N-dealkylation sites (tertiary alicyclic amines) is 1. The molecule has 0 amide bonds. The number of aliphatic carboxylic acids is 2. The van der Waals surface area contributed by atoms with Crippen LogP contribution in [-0.2, 0) is 27.4 Å². The number of nitrogens with zero attached hydrogens (tertiary/aromatic N) is 4. The van der Waals surface area contributed by atoms with E-state index in [9.17, 15) is 26.3 Å². The maximum Gasteiger partial charge on any atom is 0.490 e. The Bertz CT molecular complexity index is 941. The lowest BCUT2D eigenvalue weighted by molar-refractivity contribution is -0.193. The normalized spacial score (nSPS) is 18.3. The number of piperidine rings is 1. The predicted molar refractivity (Wildman–Crippen MR) is 120 cm³/mol. The third-order valence-electron chi connectivity index (χ3n) is 5.26. The summed E-state index contributed by atoms with van der Waals surface area (Å²) in [6, 6.07) is 0. The molecule has 0 radical (unpaired) electrons. The average Bonchev–Trinajstić information content (AvgIpc) is 3.50. The molecule has 0 unspecified atom stereocenters. The number of halogens is 6. The van der Waals surface area contributed by atoms with Crippen LogP contribution in [0.2, 0.25) is 0 Å². The van der Waals surface area contributed by atoms with Crippen molar-refractivity contribution in [3.8, 4) is 0 Å². The number of ether oxygens (including phenoxy) is 1. The van der Waals surface area contributed by atoms with E-state index >= 15 is 0 Å². The molecule has 4 rings (SSSR count). The smallest absolute Gasteiger partial charge is 0.475 e. The number of rotatable bonds is 4.